The summed E-state index contributed by atoms with van der Waals surface area (Å²) in [5.41, 5.74) is 2.09. The van der Waals surface area contributed by atoms with Gasteiger partial charge in [0, 0.05) is 25.0 Å². The molecule has 22 heavy (non-hydrogen) atoms. The number of rotatable bonds is 6. The van der Waals surface area contributed by atoms with Crippen LogP contribution in [0.15, 0.2) is 29.3 Å². The summed E-state index contributed by atoms with van der Waals surface area (Å²) in [5, 5.41) is 12.7. The van der Waals surface area contributed by atoms with Gasteiger partial charge in [-0.15, -0.1) is 0 Å². The smallest absolute Gasteiger partial charge is 0.241 e. The zero-order valence-electron chi connectivity index (χ0n) is 12.9. The molecule has 0 aliphatic rings. The molecular weight excluding hydrogens is 302 g/mol. The fourth-order valence-electron chi connectivity index (χ4n) is 2.24. The molecule has 0 aliphatic heterocycles. The number of sulfonamides is 1. The van der Waals surface area contributed by atoms with Gasteiger partial charge in [0.05, 0.1) is 5.69 Å². The molecule has 0 amide bonds. The molecule has 0 saturated carbocycles. The molecule has 0 spiro atoms. The van der Waals surface area contributed by atoms with Crippen LogP contribution < -0.4 is 10.5 Å². The van der Waals surface area contributed by atoms with Gasteiger partial charge < -0.3 is 5.32 Å². The monoisotopic (exact) mass is 323 g/mol. The quantitative estimate of drug-likeness (QED) is 0.834. The second-order valence-corrected chi connectivity index (χ2v) is 7.02. The molecule has 0 bridgehead atoms. The number of hydrogen-bond acceptors (Lipinski definition) is 5. The molecule has 0 radical (unpaired) electrons. The molecule has 0 saturated heterocycles. The van der Waals surface area contributed by atoms with E-state index < -0.39 is 10.0 Å². The van der Waals surface area contributed by atoms with E-state index in [9.17, 15) is 8.42 Å². The van der Waals surface area contributed by atoms with Crippen molar-refractivity contribution in [2.75, 3.05) is 11.9 Å². The van der Waals surface area contributed by atoms with Gasteiger partial charge in [-0.05, 0) is 38.0 Å². The fraction of sp³-hybridized carbons (Fsp3) is 0.429. The first-order valence-electron chi connectivity index (χ1n) is 7.00. The SMILES string of the molecule is Cc1cc(C)n(C[C@H](C)CNc2ncccc2S(N)(=O)=O)n1. The lowest BCUT2D eigenvalue weighted by Gasteiger charge is -2.15. The zero-order valence-corrected chi connectivity index (χ0v) is 13.8. The normalized spacial score (nSPS) is 13.1. The summed E-state index contributed by atoms with van der Waals surface area (Å²) in [6.45, 7) is 7.34. The first-order valence-corrected chi connectivity index (χ1v) is 8.54. The lowest BCUT2D eigenvalue weighted by atomic mass is 10.2. The first-order chi connectivity index (χ1) is 10.3. The summed E-state index contributed by atoms with van der Waals surface area (Å²) < 4.78 is 25.0. The van der Waals surface area contributed by atoms with Crippen molar-refractivity contribution >= 4 is 15.8 Å². The van der Waals surface area contributed by atoms with E-state index in [1.165, 1.54) is 12.3 Å². The number of primary sulfonamides is 1. The van der Waals surface area contributed by atoms with Gasteiger partial charge in [0.15, 0.2) is 0 Å². The second kappa shape index (κ2) is 6.45. The third kappa shape index (κ3) is 4.05. The Morgan fingerprint density at radius 1 is 1.41 bits per heavy atom. The Bertz CT molecular complexity index is 754. The predicted molar refractivity (Wildman–Crippen MR) is 85.0 cm³/mol. The van der Waals surface area contributed by atoms with Gasteiger partial charge in [-0.2, -0.15) is 5.10 Å². The number of nitrogens with one attached hydrogen (secondary N) is 1. The van der Waals surface area contributed by atoms with Gasteiger partial charge in [-0.3, -0.25) is 4.68 Å². The van der Waals surface area contributed by atoms with Crippen molar-refractivity contribution in [2.45, 2.75) is 32.2 Å². The standard InChI is InChI=1S/C14H21N5O2S/c1-10(9-19-12(3)7-11(2)18-19)8-17-14-13(22(15,20)21)5-4-6-16-14/h4-7,10H,8-9H2,1-3H3,(H,16,17)(H2,15,20,21)/t10-/m1/s1. The molecule has 8 heteroatoms. The topological polar surface area (TPSA) is 103 Å². The molecule has 2 heterocycles. The van der Waals surface area contributed by atoms with Crippen LogP contribution in [-0.2, 0) is 16.6 Å². The number of pyridine rings is 1. The molecule has 2 aromatic rings. The van der Waals surface area contributed by atoms with E-state index >= 15 is 0 Å². The third-order valence-corrected chi connectivity index (χ3v) is 4.23. The number of nitrogens with two attached hydrogens (primary N) is 1. The van der Waals surface area contributed by atoms with E-state index in [0.29, 0.717) is 6.54 Å². The molecular formula is C14H21N5O2S. The van der Waals surface area contributed by atoms with Crippen molar-refractivity contribution in [2.24, 2.45) is 11.1 Å². The molecule has 0 unspecified atom stereocenters. The Morgan fingerprint density at radius 2 is 2.14 bits per heavy atom. The summed E-state index contributed by atoms with van der Waals surface area (Å²) in [5.74, 6) is 0.526. The summed E-state index contributed by atoms with van der Waals surface area (Å²) in [4.78, 5) is 4.06. The summed E-state index contributed by atoms with van der Waals surface area (Å²) in [7, 11) is -3.79. The average molecular weight is 323 g/mol. The second-order valence-electron chi connectivity index (χ2n) is 5.49. The van der Waals surface area contributed by atoms with E-state index in [2.05, 4.69) is 22.3 Å². The van der Waals surface area contributed by atoms with Crippen LogP contribution in [0.4, 0.5) is 5.82 Å². The number of hydrogen-bond donors (Lipinski definition) is 2. The summed E-state index contributed by atoms with van der Waals surface area (Å²) in [6, 6.07) is 5.01. The van der Waals surface area contributed by atoms with Gasteiger partial charge in [0.1, 0.15) is 10.7 Å². The van der Waals surface area contributed by atoms with E-state index in [1.807, 2.05) is 24.6 Å². The number of aryl methyl sites for hydroxylation is 2. The van der Waals surface area contributed by atoms with E-state index in [-0.39, 0.29) is 16.6 Å². The Kier molecular flexibility index (Phi) is 4.82. The minimum absolute atomic E-state index is 0.00770. The van der Waals surface area contributed by atoms with Gasteiger partial charge in [-0.1, -0.05) is 6.92 Å². The summed E-state index contributed by atoms with van der Waals surface area (Å²) in [6.07, 6.45) is 1.53. The highest BCUT2D eigenvalue weighted by atomic mass is 32.2. The van der Waals surface area contributed by atoms with Crippen molar-refractivity contribution in [1.82, 2.24) is 14.8 Å². The van der Waals surface area contributed by atoms with Crippen LogP contribution in [0.2, 0.25) is 0 Å². The Hall–Kier alpha value is -1.93. The van der Waals surface area contributed by atoms with Crippen molar-refractivity contribution in [3.63, 3.8) is 0 Å². The van der Waals surface area contributed by atoms with Gasteiger partial charge in [-0.25, -0.2) is 18.5 Å². The first kappa shape index (κ1) is 16.4. The largest absolute Gasteiger partial charge is 0.369 e. The molecule has 0 aromatic carbocycles. The Balaban J connectivity index is 2.03. The maximum absolute atomic E-state index is 11.5. The molecule has 0 aliphatic carbocycles. The Labute approximate surface area is 130 Å². The molecule has 1 atom stereocenters. The zero-order chi connectivity index (χ0) is 16.3. The van der Waals surface area contributed by atoms with E-state index in [1.54, 1.807) is 6.07 Å². The minimum Gasteiger partial charge on any atom is -0.369 e. The number of anilines is 1. The van der Waals surface area contributed by atoms with E-state index in [0.717, 1.165) is 17.9 Å². The van der Waals surface area contributed by atoms with Crippen LogP contribution in [0.25, 0.3) is 0 Å². The number of aromatic nitrogens is 3. The van der Waals surface area contributed by atoms with Crippen molar-refractivity contribution in [3.05, 3.63) is 35.8 Å². The minimum atomic E-state index is -3.79. The highest BCUT2D eigenvalue weighted by molar-refractivity contribution is 7.89. The molecule has 2 rings (SSSR count). The van der Waals surface area contributed by atoms with Gasteiger partial charge >= 0.3 is 0 Å². The van der Waals surface area contributed by atoms with Gasteiger partial charge in [0.2, 0.25) is 10.0 Å². The molecule has 2 aromatic heterocycles. The maximum atomic E-state index is 11.5. The van der Waals surface area contributed by atoms with Crippen LogP contribution in [0.3, 0.4) is 0 Å². The van der Waals surface area contributed by atoms with Crippen molar-refractivity contribution in [1.29, 1.82) is 0 Å². The highest BCUT2D eigenvalue weighted by Crippen LogP contribution is 2.17. The van der Waals surface area contributed by atoms with Crippen molar-refractivity contribution < 1.29 is 8.42 Å². The maximum Gasteiger partial charge on any atom is 0.241 e. The fourth-order valence-corrected chi connectivity index (χ4v) is 2.91. The lowest BCUT2D eigenvalue weighted by molar-refractivity contribution is 0.458. The number of nitrogens with zero attached hydrogens (tertiary/aromatic N) is 3. The molecule has 0 fully saturated rings. The third-order valence-electron chi connectivity index (χ3n) is 3.28. The van der Waals surface area contributed by atoms with Crippen LogP contribution >= 0.6 is 0 Å². The van der Waals surface area contributed by atoms with E-state index in [4.69, 9.17) is 5.14 Å². The van der Waals surface area contributed by atoms with Crippen LogP contribution in [0.1, 0.15) is 18.3 Å². The Morgan fingerprint density at radius 3 is 2.73 bits per heavy atom. The van der Waals surface area contributed by atoms with Crippen LogP contribution in [0, 0.1) is 19.8 Å². The molecule has 3 N–H and O–H groups in total. The molecule has 7 nitrogen and oxygen atoms in total. The predicted octanol–water partition coefficient (Wildman–Crippen LogP) is 1.29. The lowest BCUT2D eigenvalue weighted by Crippen LogP contribution is -2.21. The average Bonchev–Trinajstić information content (AvgIpc) is 2.74. The van der Waals surface area contributed by atoms with Gasteiger partial charge in [0.25, 0.3) is 0 Å². The summed E-state index contributed by atoms with van der Waals surface area (Å²) >= 11 is 0. The highest BCUT2D eigenvalue weighted by Gasteiger charge is 2.15. The molecule has 120 valence electrons. The van der Waals surface area contributed by atoms with Crippen molar-refractivity contribution in [3.8, 4) is 0 Å². The van der Waals surface area contributed by atoms with Crippen LogP contribution in [-0.4, -0.2) is 29.7 Å². The van der Waals surface area contributed by atoms with Crippen LogP contribution in [0.5, 0.6) is 0 Å².